The van der Waals surface area contributed by atoms with Gasteiger partial charge in [0.1, 0.15) is 18.8 Å². The Morgan fingerprint density at radius 1 is 1.26 bits per heavy atom. The van der Waals surface area contributed by atoms with Crippen molar-refractivity contribution in [3.05, 3.63) is 35.9 Å². The Labute approximate surface area is 179 Å². The number of nitrogens with one attached hydrogen (secondary N) is 1. The second-order valence-corrected chi connectivity index (χ2v) is 7.28. The molecule has 2 atom stereocenters. The second-order valence-electron chi connectivity index (χ2n) is 7.28. The maximum absolute atomic E-state index is 12.2. The molecule has 10 nitrogen and oxygen atoms in total. The van der Waals surface area contributed by atoms with Crippen molar-refractivity contribution < 1.29 is 33.8 Å². The van der Waals surface area contributed by atoms with Gasteiger partial charge in [-0.2, -0.15) is 0 Å². The lowest BCUT2D eigenvalue weighted by molar-refractivity contribution is -0.153. The first-order valence-corrected chi connectivity index (χ1v) is 9.84. The van der Waals surface area contributed by atoms with Crippen molar-refractivity contribution in [3.63, 3.8) is 0 Å². The van der Waals surface area contributed by atoms with E-state index in [0.29, 0.717) is 12.2 Å². The second kappa shape index (κ2) is 9.61. The van der Waals surface area contributed by atoms with Gasteiger partial charge in [0.05, 0.1) is 20.2 Å². The normalized spacial score (nSPS) is 20.7. The van der Waals surface area contributed by atoms with Crippen LogP contribution in [0.4, 0.5) is 10.5 Å². The molecule has 0 radical (unpaired) electrons. The Kier molecular flexibility index (Phi) is 6.91. The zero-order chi connectivity index (χ0) is 22.5. The van der Waals surface area contributed by atoms with Gasteiger partial charge >= 0.3 is 12.1 Å². The fourth-order valence-corrected chi connectivity index (χ4v) is 3.64. The Morgan fingerprint density at radius 3 is 2.58 bits per heavy atom. The monoisotopic (exact) mass is 431 g/mol. The van der Waals surface area contributed by atoms with Gasteiger partial charge in [-0.15, -0.1) is 0 Å². The van der Waals surface area contributed by atoms with Crippen molar-refractivity contribution in [2.24, 2.45) is 0 Å². The maximum Gasteiger partial charge on any atom is 0.414 e. The molecule has 1 aromatic carbocycles. The highest BCUT2D eigenvalue weighted by molar-refractivity contribution is 5.91. The third-order valence-corrected chi connectivity index (χ3v) is 5.26. The summed E-state index contributed by atoms with van der Waals surface area (Å²) in [6, 6.07) is 6.39. The summed E-state index contributed by atoms with van der Waals surface area (Å²) in [6.45, 7) is 1.47. The summed E-state index contributed by atoms with van der Waals surface area (Å²) in [5, 5.41) is 11.8. The highest BCUT2D eigenvalue weighted by atomic mass is 16.6. The van der Waals surface area contributed by atoms with E-state index in [-0.39, 0.29) is 25.4 Å². The molecule has 2 aliphatic rings. The molecule has 1 fully saturated rings. The van der Waals surface area contributed by atoms with Gasteiger partial charge in [-0.1, -0.05) is 18.2 Å². The van der Waals surface area contributed by atoms with Crippen LogP contribution in [0.3, 0.4) is 0 Å². The molecule has 1 aromatic rings. The van der Waals surface area contributed by atoms with E-state index in [2.05, 4.69) is 5.32 Å². The van der Waals surface area contributed by atoms with E-state index in [9.17, 15) is 19.2 Å². The number of cyclic esters (lactones) is 1. The third kappa shape index (κ3) is 5.02. The van der Waals surface area contributed by atoms with Crippen molar-refractivity contribution in [2.45, 2.75) is 25.5 Å². The molecule has 2 heterocycles. The van der Waals surface area contributed by atoms with Crippen LogP contribution < -0.4 is 10.2 Å². The molecule has 0 aliphatic carbocycles. The number of aliphatic hydroxyl groups excluding tert-OH is 1. The number of benzene rings is 1. The summed E-state index contributed by atoms with van der Waals surface area (Å²) >= 11 is 0. The van der Waals surface area contributed by atoms with Gasteiger partial charge in [0.25, 0.3) is 0 Å². The lowest BCUT2D eigenvalue weighted by Crippen LogP contribution is -2.48. The van der Waals surface area contributed by atoms with Crippen LogP contribution in [0.1, 0.15) is 18.9 Å². The van der Waals surface area contributed by atoms with Crippen molar-refractivity contribution in [3.8, 4) is 0 Å². The molecule has 0 bridgehead atoms. The first-order chi connectivity index (χ1) is 14.8. The topological polar surface area (TPSA) is 125 Å². The number of nitrogens with zero attached hydrogens (tertiary/aromatic N) is 2. The number of ether oxygens (including phenoxy) is 2. The van der Waals surface area contributed by atoms with Gasteiger partial charge in [-0.05, 0) is 23.3 Å². The SMILES string of the molecule is COC(=O)C1CC(c2ccc(N3C[C@H](CNC(C)=O)OC3=O)cc2)=CCN1C(=O)CO. The maximum atomic E-state index is 12.2. The minimum atomic E-state index is -0.813. The zero-order valence-electron chi connectivity index (χ0n) is 17.4. The molecule has 0 saturated carbocycles. The standard InChI is InChI=1S/C21H25N3O7/c1-13(26)22-10-17-11-24(21(29)31-17)16-5-3-14(4-6-16)15-7-8-23(19(27)12-25)18(9-15)20(28)30-2/h3-7,17-18,25H,8-12H2,1-2H3,(H,22,26)/t17-,18?/m0/s1. The predicted octanol–water partition coefficient (Wildman–Crippen LogP) is 0.297. The smallest absolute Gasteiger partial charge is 0.414 e. The Bertz CT molecular complexity index is 897. The molecule has 1 saturated heterocycles. The number of anilines is 1. The molecular formula is C21H25N3O7. The van der Waals surface area contributed by atoms with Crippen molar-refractivity contribution in [1.82, 2.24) is 10.2 Å². The molecular weight excluding hydrogens is 406 g/mol. The highest BCUT2D eigenvalue weighted by Gasteiger charge is 2.34. The third-order valence-electron chi connectivity index (χ3n) is 5.26. The Balaban J connectivity index is 1.72. The van der Waals surface area contributed by atoms with Crippen molar-refractivity contribution >= 4 is 35.1 Å². The number of aliphatic hydroxyl groups is 1. The fourth-order valence-electron chi connectivity index (χ4n) is 3.64. The summed E-state index contributed by atoms with van der Waals surface area (Å²) < 4.78 is 10.1. The molecule has 1 unspecified atom stereocenters. The summed E-state index contributed by atoms with van der Waals surface area (Å²) in [5.74, 6) is -1.28. The number of amides is 3. The van der Waals surface area contributed by atoms with Gasteiger partial charge < -0.3 is 24.8 Å². The molecule has 0 spiro atoms. The Morgan fingerprint density at radius 2 is 1.97 bits per heavy atom. The van der Waals surface area contributed by atoms with E-state index < -0.39 is 36.7 Å². The fraction of sp³-hybridized carbons (Fsp3) is 0.429. The first kappa shape index (κ1) is 22.3. The van der Waals surface area contributed by atoms with E-state index >= 15 is 0 Å². The van der Waals surface area contributed by atoms with Crippen LogP contribution in [-0.4, -0.2) is 79.4 Å². The molecule has 31 heavy (non-hydrogen) atoms. The molecule has 166 valence electrons. The van der Waals surface area contributed by atoms with E-state index in [1.165, 1.54) is 23.8 Å². The average Bonchev–Trinajstić information content (AvgIpc) is 3.16. The first-order valence-electron chi connectivity index (χ1n) is 9.84. The predicted molar refractivity (Wildman–Crippen MR) is 110 cm³/mol. The number of esters is 1. The van der Waals surface area contributed by atoms with Gasteiger partial charge in [0, 0.05) is 25.6 Å². The van der Waals surface area contributed by atoms with Gasteiger partial charge in [0.2, 0.25) is 11.8 Å². The van der Waals surface area contributed by atoms with Gasteiger partial charge in [-0.3, -0.25) is 14.5 Å². The minimum Gasteiger partial charge on any atom is -0.467 e. The molecule has 3 rings (SSSR count). The van der Waals surface area contributed by atoms with Crippen LogP contribution in [0.2, 0.25) is 0 Å². The number of rotatable bonds is 6. The Hall–Kier alpha value is -3.40. The molecule has 2 N–H and O–H groups in total. The molecule has 10 heteroatoms. The van der Waals surface area contributed by atoms with E-state index in [0.717, 1.165) is 11.1 Å². The van der Waals surface area contributed by atoms with Crippen LogP contribution in [0.5, 0.6) is 0 Å². The number of carbonyl (C=O) groups is 4. The lowest BCUT2D eigenvalue weighted by Gasteiger charge is -2.33. The summed E-state index contributed by atoms with van der Waals surface area (Å²) in [7, 11) is 1.26. The van der Waals surface area contributed by atoms with Gasteiger partial charge in [0.15, 0.2) is 0 Å². The minimum absolute atomic E-state index is 0.180. The highest BCUT2D eigenvalue weighted by Crippen LogP contribution is 2.30. The molecule has 2 aliphatic heterocycles. The quantitative estimate of drug-likeness (QED) is 0.621. The number of hydrogen-bond acceptors (Lipinski definition) is 7. The zero-order valence-corrected chi connectivity index (χ0v) is 17.4. The molecule has 3 amide bonds. The van der Waals surface area contributed by atoms with Crippen LogP contribution >= 0.6 is 0 Å². The van der Waals surface area contributed by atoms with Crippen LogP contribution in [-0.2, 0) is 23.9 Å². The van der Waals surface area contributed by atoms with Crippen LogP contribution in [0, 0.1) is 0 Å². The number of carbonyl (C=O) groups excluding carboxylic acids is 4. The number of methoxy groups -OCH3 is 1. The molecule has 0 aromatic heterocycles. The van der Waals surface area contributed by atoms with E-state index in [1.807, 2.05) is 18.2 Å². The van der Waals surface area contributed by atoms with E-state index in [4.69, 9.17) is 14.6 Å². The van der Waals surface area contributed by atoms with Crippen molar-refractivity contribution in [2.75, 3.05) is 38.3 Å². The van der Waals surface area contributed by atoms with Crippen molar-refractivity contribution in [1.29, 1.82) is 0 Å². The summed E-state index contributed by atoms with van der Waals surface area (Å²) in [5.41, 5.74) is 2.35. The number of hydrogen-bond donors (Lipinski definition) is 2. The van der Waals surface area contributed by atoms with E-state index in [1.54, 1.807) is 12.1 Å². The van der Waals surface area contributed by atoms with Crippen LogP contribution in [0.15, 0.2) is 30.3 Å². The lowest BCUT2D eigenvalue weighted by atomic mass is 9.93. The van der Waals surface area contributed by atoms with Gasteiger partial charge in [-0.25, -0.2) is 9.59 Å². The summed E-state index contributed by atoms with van der Waals surface area (Å²) in [4.78, 5) is 50.1. The average molecular weight is 431 g/mol. The summed E-state index contributed by atoms with van der Waals surface area (Å²) in [6.07, 6.45) is 1.18. The largest absolute Gasteiger partial charge is 0.467 e. The van der Waals surface area contributed by atoms with Crippen LogP contribution in [0.25, 0.3) is 5.57 Å².